The normalized spacial score (nSPS) is 29.8. The predicted octanol–water partition coefficient (Wildman–Crippen LogP) is 6.13. The summed E-state index contributed by atoms with van der Waals surface area (Å²) in [7, 11) is -2.29. The van der Waals surface area contributed by atoms with Gasteiger partial charge in [0.15, 0.2) is 8.32 Å². The van der Waals surface area contributed by atoms with E-state index in [2.05, 4.69) is 53.4 Å². The van der Waals surface area contributed by atoms with Crippen molar-refractivity contribution in [1.29, 1.82) is 0 Å². The number of aliphatic hydroxyl groups is 1. The van der Waals surface area contributed by atoms with E-state index in [1.165, 1.54) is 20.8 Å². The fraction of sp³-hybridized carbons (Fsp3) is 0.781. The molecule has 234 valence electrons. The molecule has 0 unspecified atom stereocenters. The van der Waals surface area contributed by atoms with Crippen LogP contribution in [0.15, 0.2) is 23.8 Å². The van der Waals surface area contributed by atoms with E-state index in [-0.39, 0.29) is 48.1 Å². The van der Waals surface area contributed by atoms with Gasteiger partial charge in [-0.2, -0.15) is 0 Å². The van der Waals surface area contributed by atoms with Crippen LogP contribution in [-0.4, -0.2) is 63.4 Å². The minimum atomic E-state index is -2.29. The van der Waals surface area contributed by atoms with E-state index >= 15 is 0 Å². The first kappa shape index (κ1) is 35.2. The molecular weight excluding hydrogens is 540 g/mol. The zero-order valence-corrected chi connectivity index (χ0v) is 28.1. The maximum atomic E-state index is 11.8. The monoisotopic (exact) mass is 594 g/mol. The van der Waals surface area contributed by atoms with Crippen molar-refractivity contribution >= 4 is 26.2 Å². The zero-order chi connectivity index (χ0) is 31.4. The Morgan fingerprint density at radius 3 is 2.17 bits per heavy atom. The molecule has 0 spiro atoms. The number of rotatable bonds is 11. The highest BCUT2D eigenvalue weighted by Gasteiger charge is 2.58. The summed E-state index contributed by atoms with van der Waals surface area (Å²) in [5.74, 6) is -0.920. The third-order valence-electron chi connectivity index (χ3n) is 10.1. The second-order valence-electron chi connectivity index (χ2n) is 14.1. The number of fused-ring (bicyclic) bond motifs is 1. The first-order chi connectivity index (χ1) is 18.7. The highest BCUT2D eigenvalue weighted by molar-refractivity contribution is 6.74. The lowest BCUT2D eigenvalue weighted by Gasteiger charge is -2.60. The number of carbonyl (C=O) groups excluding carboxylic acids is 3. The molecule has 0 aromatic rings. The first-order valence-electron chi connectivity index (χ1n) is 14.9. The Balaban J connectivity index is 2.49. The quantitative estimate of drug-likeness (QED) is 0.132. The van der Waals surface area contributed by atoms with E-state index in [9.17, 15) is 19.5 Å². The van der Waals surface area contributed by atoms with Crippen LogP contribution < -0.4 is 0 Å². The van der Waals surface area contributed by atoms with Crippen molar-refractivity contribution in [2.24, 2.45) is 22.7 Å². The highest BCUT2D eigenvalue weighted by Crippen LogP contribution is 2.62. The third kappa shape index (κ3) is 8.54. The van der Waals surface area contributed by atoms with Crippen molar-refractivity contribution in [2.45, 2.75) is 118 Å². The molecule has 0 heterocycles. The number of carbonyl (C=O) groups is 3. The minimum Gasteiger partial charge on any atom is -0.465 e. The van der Waals surface area contributed by atoms with E-state index in [0.717, 1.165) is 30.4 Å². The first-order valence-corrected chi connectivity index (χ1v) is 17.8. The SMILES string of the molecule is C=C1CC[C@@H]2[C@](C)(COC(C)=O)[C@H](O)CC[C@@]2(C)[C@@H]1C/C=C(/COC(C)=O)[C@@H](COC(C)=O)O[Si](C)(C)C(C)(C)C. The molecule has 41 heavy (non-hydrogen) atoms. The van der Waals surface area contributed by atoms with E-state index in [1.807, 2.05) is 6.92 Å². The highest BCUT2D eigenvalue weighted by atomic mass is 28.4. The second kappa shape index (κ2) is 13.6. The van der Waals surface area contributed by atoms with Crippen LogP contribution in [0, 0.1) is 22.7 Å². The van der Waals surface area contributed by atoms with Crippen molar-refractivity contribution in [1.82, 2.24) is 0 Å². The fourth-order valence-corrected chi connectivity index (χ4v) is 7.84. The van der Waals surface area contributed by atoms with Gasteiger partial charge in [-0.3, -0.25) is 14.4 Å². The fourth-order valence-electron chi connectivity index (χ4n) is 6.55. The molecule has 8 nitrogen and oxygen atoms in total. The van der Waals surface area contributed by atoms with Gasteiger partial charge in [0.25, 0.3) is 0 Å². The number of hydrogen-bond donors (Lipinski definition) is 1. The second-order valence-corrected chi connectivity index (χ2v) is 18.9. The molecule has 0 aromatic carbocycles. The van der Waals surface area contributed by atoms with Gasteiger partial charge in [0.1, 0.15) is 19.3 Å². The van der Waals surface area contributed by atoms with Crippen molar-refractivity contribution < 1.29 is 38.1 Å². The van der Waals surface area contributed by atoms with Crippen LogP contribution in [0.4, 0.5) is 0 Å². The molecule has 2 fully saturated rings. The van der Waals surface area contributed by atoms with Crippen molar-refractivity contribution in [3.05, 3.63) is 23.8 Å². The molecule has 2 rings (SSSR count). The standard InChI is InChI=1S/C32H54O8Si/c1-21-12-15-28-31(8,17-16-29(36)32(28,9)20-39-24(4)35)26(21)14-13-25(18-37-22(2)33)27(19-38-23(3)34)40-41(10,11)30(5,6)7/h13,26-29,36H,1,12,14-20H2,2-11H3/b25-13-/t26-,27-,28+,29-,31+,32+/m1/s1. The van der Waals surface area contributed by atoms with Crippen molar-refractivity contribution in [2.75, 3.05) is 19.8 Å². The maximum Gasteiger partial charge on any atom is 0.302 e. The summed E-state index contributed by atoms with van der Waals surface area (Å²) in [5.41, 5.74) is 1.17. The number of ether oxygens (including phenoxy) is 3. The Morgan fingerprint density at radius 1 is 1.05 bits per heavy atom. The Kier molecular flexibility index (Phi) is 11.6. The predicted molar refractivity (Wildman–Crippen MR) is 161 cm³/mol. The van der Waals surface area contributed by atoms with Gasteiger partial charge < -0.3 is 23.7 Å². The molecule has 2 aliphatic rings. The largest absolute Gasteiger partial charge is 0.465 e. The summed E-state index contributed by atoms with van der Waals surface area (Å²) < 4.78 is 23.1. The van der Waals surface area contributed by atoms with E-state index in [0.29, 0.717) is 12.8 Å². The average molecular weight is 595 g/mol. The Hall–Kier alpha value is -1.97. The maximum absolute atomic E-state index is 11.8. The van der Waals surface area contributed by atoms with Crippen molar-refractivity contribution in [3.63, 3.8) is 0 Å². The van der Waals surface area contributed by atoms with Gasteiger partial charge in [0, 0.05) is 26.2 Å². The van der Waals surface area contributed by atoms with Crippen LogP contribution in [0.2, 0.25) is 18.1 Å². The molecule has 6 atom stereocenters. The zero-order valence-electron chi connectivity index (χ0n) is 27.1. The lowest BCUT2D eigenvalue weighted by Crippen LogP contribution is -2.57. The molecule has 0 aliphatic heterocycles. The third-order valence-corrected chi connectivity index (χ3v) is 14.6. The molecular formula is C32H54O8Si. The molecule has 1 N–H and O–H groups in total. The van der Waals surface area contributed by atoms with Crippen LogP contribution in [0.5, 0.6) is 0 Å². The lowest BCUT2D eigenvalue weighted by atomic mass is 9.46. The summed E-state index contributed by atoms with van der Waals surface area (Å²) >= 11 is 0. The van der Waals surface area contributed by atoms with Gasteiger partial charge >= 0.3 is 17.9 Å². The molecule has 0 radical (unpaired) electrons. The smallest absolute Gasteiger partial charge is 0.302 e. The molecule has 2 saturated carbocycles. The number of esters is 3. The summed E-state index contributed by atoms with van der Waals surface area (Å²) in [4.78, 5) is 35.3. The Bertz CT molecular complexity index is 1010. The van der Waals surface area contributed by atoms with Gasteiger partial charge in [-0.15, -0.1) is 0 Å². The van der Waals surface area contributed by atoms with E-state index in [1.54, 1.807) is 0 Å². The Labute approximate surface area is 248 Å². The molecule has 2 aliphatic carbocycles. The van der Waals surface area contributed by atoms with Crippen LogP contribution in [0.25, 0.3) is 0 Å². The van der Waals surface area contributed by atoms with Crippen LogP contribution in [0.1, 0.15) is 87.5 Å². The molecule has 0 aromatic heterocycles. The molecule has 0 saturated heterocycles. The molecule has 0 amide bonds. The van der Waals surface area contributed by atoms with Crippen LogP contribution in [-0.2, 0) is 33.0 Å². The lowest BCUT2D eigenvalue weighted by molar-refractivity contribution is -0.172. The average Bonchev–Trinajstić information content (AvgIpc) is 2.83. The summed E-state index contributed by atoms with van der Waals surface area (Å²) in [6.07, 6.45) is 4.73. The summed E-state index contributed by atoms with van der Waals surface area (Å²) in [5, 5.41) is 11.0. The summed E-state index contributed by atoms with van der Waals surface area (Å²) in [6.45, 7) is 23.9. The van der Waals surface area contributed by atoms with Gasteiger partial charge in [0.2, 0.25) is 0 Å². The minimum absolute atomic E-state index is 0.0348. The topological polar surface area (TPSA) is 108 Å². The van der Waals surface area contributed by atoms with E-state index < -0.39 is 37.9 Å². The van der Waals surface area contributed by atoms with E-state index in [4.69, 9.17) is 18.6 Å². The number of hydrogen-bond acceptors (Lipinski definition) is 8. The Morgan fingerprint density at radius 2 is 1.63 bits per heavy atom. The van der Waals surface area contributed by atoms with Crippen LogP contribution >= 0.6 is 0 Å². The van der Waals surface area contributed by atoms with Crippen molar-refractivity contribution in [3.8, 4) is 0 Å². The molecule has 9 heteroatoms. The summed E-state index contributed by atoms with van der Waals surface area (Å²) in [6, 6.07) is 0. The van der Waals surface area contributed by atoms with Gasteiger partial charge in [-0.1, -0.05) is 52.8 Å². The number of aliphatic hydroxyl groups excluding tert-OH is 1. The van der Waals surface area contributed by atoms with Gasteiger partial charge in [-0.25, -0.2) is 0 Å². The van der Waals surface area contributed by atoms with Crippen LogP contribution in [0.3, 0.4) is 0 Å². The molecule has 0 bridgehead atoms. The number of allylic oxidation sites excluding steroid dienone is 2. The van der Waals surface area contributed by atoms with Gasteiger partial charge in [0.05, 0.1) is 12.7 Å². The van der Waals surface area contributed by atoms with Gasteiger partial charge in [-0.05, 0) is 73.1 Å².